The predicted octanol–water partition coefficient (Wildman–Crippen LogP) is 5.99. The van der Waals surface area contributed by atoms with Crippen LogP contribution in [0, 0.1) is 12.8 Å². The van der Waals surface area contributed by atoms with Gasteiger partial charge in [-0.05, 0) is 79.6 Å². The van der Waals surface area contributed by atoms with Crippen LogP contribution in [0.4, 0.5) is 11.5 Å². The maximum atomic E-state index is 13.0. The van der Waals surface area contributed by atoms with Crippen molar-refractivity contribution in [2.45, 2.75) is 38.5 Å². The summed E-state index contributed by atoms with van der Waals surface area (Å²) >= 11 is 0. The van der Waals surface area contributed by atoms with Gasteiger partial charge >= 0.3 is 0 Å². The molecule has 0 aliphatic heterocycles. The largest absolute Gasteiger partial charge is 0.322 e. The van der Waals surface area contributed by atoms with Gasteiger partial charge < -0.3 is 10.6 Å². The van der Waals surface area contributed by atoms with Crippen LogP contribution < -0.4 is 10.6 Å². The van der Waals surface area contributed by atoms with Gasteiger partial charge in [0.25, 0.3) is 5.91 Å². The number of anilines is 2. The quantitative estimate of drug-likeness (QED) is 0.332. The highest BCUT2D eigenvalue weighted by Crippen LogP contribution is 2.39. The predicted molar refractivity (Wildman–Crippen MR) is 143 cm³/mol. The summed E-state index contributed by atoms with van der Waals surface area (Å²) in [6, 6.07) is 19.4. The molecule has 37 heavy (non-hydrogen) atoms. The van der Waals surface area contributed by atoms with Crippen molar-refractivity contribution in [3.63, 3.8) is 0 Å². The molecule has 184 valence electrons. The van der Waals surface area contributed by atoms with Gasteiger partial charge in [-0.25, -0.2) is 9.97 Å². The first kappa shape index (κ1) is 23.0. The molecule has 4 aromatic rings. The van der Waals surface area contributed by atoms with E-state index >= 15 is 0 Å². The molecule has 2 aliphatic carbocycles. The standard InChI is InChI=1S/C30H27N5O2/c1-18-5-10-24(34-30(37)23-11-12-31-26(14-23)19-6-7-19)15-25(18)21-3-2-4-22(13-21)27-16-28(33-17-32-27)35-29(36)20-8-9-20/h2-5,10-17,19-20H,6-9H2,1H3,(H,34,37)(H,32,33,35,36). The monoisotopic (exact) mass is 489 g/mol. The topological polar surface area (TPSA) is 96.9 Å². The van der Waals surface area contributed by atoms with Gasteiger partial charge in [-0.3, -0.25) is 14.6 Å². The van der Waals surface area contributed by atoms with E-state index in [0.29, 0.717) is 17.3 Å². The summed E-state index contributed by atoms with van der Waals surface area (Å²) in [5.74, 6) is 0.981. The first-order chi connectivity index (χ1) is 18.0. The van der Waals surface area contributed by atoms with Crippen LogP contribution in [-0.2, 0) is 4.79 Å². The molecule has 2 saturated carbocycles. The van der Waals surface area contributed by atoms with Crippen molar-refractivity contribution >= 4 is 23.3 Å². The number of rotatable bonds is 7. The summed E-state index contributed by atoms with van der Waals surface area (Å²) in [7, 11) is 0. The summed E-state index contributed by atoms with van der Waals surface area (Å²) in [6.07, 6.45) is 7.35. The van der Waals surface area contributed by atoms with Crippen LogP contribution in [0.2, 0.25) is 0 Å². The zero-order valence-electron chi connectivity index (χ0n) is 20.6. The Morgan fingerprint density at radius 1 is 0.838 bits per heavy atom. The molecule has 0 bridgehead atoms. The number of nitrogens with one attached hydrogen (secondary N) is 2. The number of carbonyl (C=O) groups is 2. The Balaban J connectivity index is 1.24. The second kappa shape index (κ2) is 9.58. The van der Waals surface area contributed by atoms with Crippen molar-refractivity contribution in [3.05, 3.63) is 90.0 Å². The van der Waals surface area contributed by atoms with Gasteiger partial charge in [-0.1, -0.05) is 24.3 Å². The summed E-state index contributed by atoms with van der Waals surface area (Å²) in [4.78, 5) is 38.1. The van der Waals surface area contributed by atoms with Gasteiger partial charge in [-0.15, -0.1) is 0 Å². The first-order valence-electron chi connectivity index (χ1n) is 12.7. The lowest BCUT2D eigenvalue weighted by molar-refractivity contribution is -0.117. The Kier molecular flexibility index (Phi) is 5.96. The van der Waals surface area contributed by atoms with Gasteiger partial charge in [0.05, 0.1) is 5.69 Å². The van der Waals surface area contributed by atoms with Crippen molar-refractivity contribution in [1.82, 2.24) is 15.0 Å². The summed E-state index contributed by atoms with van der Waals surface area (Å²) < 4.78 is 0. The van der Waals surface area contributed by atoms with Gasteiger partial charge in [0.1, 0.15) is 12.1 Å². The van der Waals surface area contributed by atoms with E-state index in [4.69, 9.17) is 0 Å². The summed E-state index contributed by atoms with van der Waals surface area (Å²) in [5, 5.41) is 5.93. The van der Waals surface area contributed by atoms with Crippen LogP contribution in [-0.4, -0.2) is 26.8 Å². The van der Waals surface area contributed by atoms with Crippen LogP contribution >= 0.6 is 0 Å². The van der Waals surface area contributed by atoms with Crippen molar-refractivity contribution in [2.24, 2.45) is 5.92 Å². The van der Waals surface area contributed by atoms with E-state index < -0.39 is 0 Å². The van der Waals surface area contributed by atoms with E-state index in [-0.39, 0.29) is 17.7 Å². The Labute approximate surface area is 215 Å². The molecule has 0 saturated heterocycles. The van der Waals surface area contributed by atoms with Crippen LogP contribution in [0.15, 0.2) is 73.2 Å². The van der Waals surface area contributed by atoms with Crippen LogP contribution in [0.5, 0.6) is 0 Å². The number of pyridine rings is 1. The van der Waals surface area contributed by atoms with Gasteiger partial charge in [0.2, 0.25) is 5.91 Å². The molecule has 2 heterocycles. The maximum absolute atomic E-state index is 13.0. The Hall–Kier alpha value is -4.39. The maximum Gasteiger partial charge on any atom is 0.255 e. The van der Waals surface area contributed by atoms with Crippen molar-refractivity contribution < 1.29 is 9.59 Å². The van der Waals surface area contributed by atoms with Crippen molar-refractivity contribution in [1.29, 1.82) is 0 Å². The molecule has 0 spiro atoms. The third kappa shape index (κ3) is 5.26. The Morgan fingerprint density at radius 3 is 2.49 bits per heavy atom. The summed E-state index contributed by atoms with van der Waals surface area (Å²) in [6.45, 7) is 2.05. The van der Waals surface area contributed by atoms with Crippen molar-refractivity contribution in [3.8, 4) is 22.4 Å². The van der Waals surface area contributed by atoms with Gasteiger partial charge in [0.15, 0.2) is 0 Å². The summed E-state index contributed by atoms with van der Waals surface area (Å²) in [5.41, 5.74) is 7.11. The second-order valence-electron chi connectivity index (χ2n) is 9.86. The minimum Gasteiger partial charge on any atom is -0.322 e. The van der Waals surface area contributed by atoms with E-state index in [0.717, 1.165) is 65.0 Å². The molecule has 2 aromatic heterocycles. The number of amides is 2. The molecular weight excluding hydrogens is 462 g/mol. The number of carbonyl (C=O) groups excluding carboxylic acids is 2. The molecule has 2 aliphatic rings. The highest BCUT2D eigenvalue weighted by Gasteiger charge is 2.30. The number of aryl methyl sites for hydroxylation is 1. The van der Waals surface area contributed by atoms with E-state index in [2.05, 4.69) is 38.6 Å². The van der Waals surface area contributed by atoms with E-state index in [9.17, 15) is 9.59 Å². The molecular formula is C30H27N5O2. The molecule has 2 N–H and O–H groups in total. The third-order valence-corrected chi connectivity index (χ3v) is 6.87. The Morgan fingerprint density at radius 2 is 1.68 bits per heavy atom. The smallest absolute Gasteiger partial charge is 0.255 e. The van der Waals surface area contributed by atoms with Crippen LogP contribution in [0.25, 0.3) is 22.4 Å². The molecule has 0 radical (unpaired) electrons. The lowest BCUT2D eigenvalue weighted by Gasteiger charge is -2.12. The SMILES string of the molecule is Cc1ccc(NC(=O)c2ccnc(C3CC3)c2)cc1-c1cccc(-c2cc(NC(=O)C3CC3)ncn2)c1. The number of benzene rings is 2. The lowest BCUT2D eigenvalue weighted by atomic mass is 9.97. The zero-order valence-corrected chi connectivity index (χ0v) is 20.6. The van der Waals surface area contributed by atoms with Crippen molar-refractivity contribution in [2.75, 3.05) is 10.6 Å². The number of hydrogen-bond donors (Lipinski definition) is 2. The molecule has 2 fully saturated rings. The van der Waals surface area contributed by atoms with E-state index in [1.165, 1.54) is 6.33 Å². The number of aromatic nitrogens is 3. The average Bonchev–Trinajstić information content (AvgIpc) is 3.83. The molecule has 7 heteroatoms. The number of nitrogens with zero attached hydrogens (tertiary/aromatic N) is 3. The molecule has 0 atom stereocenters. The fourth-order valence-corrected chi connectivity index (χ4v) is 4.41. The highest BCUT2D eigenvalue weighted by molar-refractivity contribution is 6.04. The second-order valence-corrected chi connectivity index (χ2v) is 9.86. The normalized spacial score (nSPS) is 14.7. The fourth-order valence-electron chi connectivity index (χ4n) is 4.41. The van der Waals surface area contributed by atoms with Crippen LogP contribution in [0.1, 0.15) is 53.2 Å². The minimum absolute atomic E-state index is 0.0171. The fraction of sp³-hybridized carbons (Fsp3) is 0.233. The molecule has 6 rings (SSSR count). The zero-order chi connectivity index (χ0) is 25.4. The number of hydrogen-bond acceptors (Lipinski definition) is 5. The first-order valence-corrected chi connectivity index (χ1v) is 12.7. The molecule has 7 nitrogen and oxygen atoms in total. The van der Waals surface area contributed by atoms with E-state index in [1.807, 2.05) is 42.5 Å². The molecule has 2 aromatic carbocycles. The average molecular weight is 490 g/mol. The third-order valence-electron chi connectivity index (χ3n) is 6.87. The van der Waals surface area contributed by atoms with Gasteiger partial charge in [-0.2, -0.15) is 0 Å². The van der Waals surface area contributed by atoms with Gasteiger partial charge in [0, 0.05) is 46.6 Å². The minimum atomic E-state index is -0.144. The highest BCUT2D eigenvalue weighted by atomic mass is 16.2. The molecule has 0 unspecified atom stereocenters. The van der Waals surface area contributed by atoms with E-state index in [1.54, 1.807) is 18.3 Å². The Bertz CT molecular complexity index is 1510. The lowest BCUT2D eigenvalue weighted by Crippen LogP contribution is -2.14. The van der Waals surface area contributed by atoms with Crippen LogP contribution in [0.3, 0.4) is 0 Å². The molecule has 2 amide bonds.